The standard InChI is InChI=1S/C11H13ClF2N2O2.ClH/c1-2-18-10(17)11(13,14)9(16)7-5-6(12)3-4-8(7)15;/h3-5,9H,2,15-16H2,1H3;1H/t9-;/m0./s1. The van der Waals surface area contributed by atoms with Gasteiger partial charge in [-0.05, 0) is 30.7 Å². The van der Waals surface area contributed by atoms with Gasteiger partial charge in [-0.15, -0.1) is 12.4 Å². The van der Waals surface area contributed by atoms with E-state index in [1.165, 1.54) is 25.1 Å². The topological polar surface area (TPSA) is 78.3 Å². The van der Waals surface area contributed by atoms with Crippen LogP contribution in [0.1, 0.15) is 18.5 Å². The Hall–Kier alpha value is -1.11. The van der Waals surface area contributed by atoms with Crippen LogP contribution in [-0.2, 0) is 9.53 Å². The van der Waals surface area contributed by atoms with E-state index in [4.69, 9.17) is 23.1 Å². The number of rotatable bonds is 4. The third kappa shape index (κ3) is 3.92. The molecule has 19 heavy (non-hydrogen) atoms. The van der Waals surface area contributed by atoms with E-state index in [1.807, 2.05) is 0 Å². The number of halogens is 4. The van der Waals surface area contributed by atoms with Gasteiger partial charge in [-0.1, -0.05) is 11.6 Å². The van der Waals surface area contributed by atoms with Crippen LogP contribution in [0.4, 0.5) is 14.5 Å². The molecule has 0 unspecified atom stereocenters. The highest BCUT2D eigenvalue weighted by Crippen LogP contribution is 2.34. The van der Waals surface area contributed by atoms with E-state index in [2.05, 4.69) is 4.74 Å². The molecule has 1 atom stereocenters. The molecule has 0 aromatic heterocycles. The number of carbonyl (C=O) groups is 1. The molecule has 4 N–H and O–H groups in total. The Kier molecular flexibility index (Phi) is 6.48. The number of benzene rings is 1. The molecule has 0 heterocycles. The molecular formula is C11H14Cl2F2N2O2. The normalized spacial score (nSPS) is 12.5. The molecule has 0 radical (unpaired) electrons. The van der Waals surface area contributed by atoms with E-state index < -0.39 is 17.9 Å². The van der Waals surface area contributed by atoms with Crippen molar-refractivity contribution in [3.63, 3.8) is 0 Å². The van der Waals surface area contributed by atoms with Gasteiger partial charge in [0, 0.05) is 10.7 Å². The molecule has 0 saturated heterocycles. The van der Waals surface area contributed by atoms with Crippen LogP contribution in [-0.4, -0.2) is 18.5 Å². The molecule has 0 aliphatic rings. The third-order valence-electron chi connectivity index (χ3n) is 2.32. The van der Waals surface area contributed by atoms with Crippen LogP contribution in [0.15, 0.2) is 18.2 Å². The van der Waals surface area contributed by atoms with Crippen LogP contribution in [0.3, 0.4) is 0 Å². The molecule has 0 aliphatic heterocycles. The second kappa shape index (κ2) is 6.88. The van der Waals surface area contributed by atoms with Crippen LogP contribution in [0, 0.1) is 0 Å². The number of carbonyl (C=O) groups excluding carboxylic acids is 1. The van der Waals surface area contributed by atoms with Crippen LogP contribution in [0.25, 0.3) is 0 Å². The fourth-order valence-electron chi connectivity index (χ4n) is 1.36. The van der Waals surface area contributed by atoms with Crippen molar-refractivity contribution in [3.05, 3.63) is 28.8 Å². The lowest BCUT2D eigenvalue weighted by atomic mass is 10.00. The predicted molar refractivity (Wildman–Crippen MR) is 71.6 cm³/mol. The van der Waals surface area contributed by atoms with Gasteiger partial charge in [0.05, 0.1) is 6.61 Å². The highest BCUT2D eigenvalue weighted by molar-refractivity contribution is 6.30. The van der Waals surface area contributed by atoms with E-state index >= 15 is 0 Å². The highest BCUT2D eigenvalue weighted by Gasteiger charge is 2.48. The Bertz CT molecular complexity index is 458. The highest BCUT2D eigenvalue weighted by atomic mass is 35.5. The zero-order chi connectivity index (χ0) is 13.9. The second-order valence-electron chi connectivity index (χ2n) is 3.59. The van der Waals surface area contributed by atoms with Gasteiger partial charge >= 0.3 is 11.9 Å². The number of nitrogens with two attached hydrogens (primary N) is 2. The Morgan fingerprint density at radius 2 is 2.11 bits per heavy atom. The summed E-state index contributed by atoms with van der Waals surface area (Å²) in [6.07, 6.45) is 0. The van der Waals surface area contributed by atoms with Crippen molar-refractivity contribution in [3.8, 4) is 0 Å². The third-order valence-corrected chi connectivity index (χ3v) is 2.56. The average molecular weight is 315 g/mol. The maximum Gasteiger partial charge on any atom is 0.379 e. The Labute approximate surface area is 120 Å². The quantitative estimate of drug-likeness (QED) is 0.661. The summed E-state index contributed by atoms with van der Waals surface area (Å²) in [5.74, 6) is -5.55. The number of ether oxygens (including phenoxy) is 1. The maximum absolute atomic E-state index is 13.7. The lowest BCUT2D eigenvalue weighted by molar-refractivity contribution is -0.174. The lowest BCUT2D eigenvalue weighted by Gasteiger charge is -2.23. The molecule has 0 fully saturated rings. The van der Waals surface area contributed by atoms with Crippen molar-refractivity contribution < 1.29 is 18.3 Å². The minimum absolute atomic E-state index is 0. The van der Waals surface area contributed by atoms with Crippen molar-refractivity contribution in [2.45, 2.75) is 18.9 Å². The molecule has 0 saturated carbocycles. The summed E-state index contributed by atoms with van der Waals surface area (Å²) in [5, 5.41) is 0.203. The summed E-state index contributed by atoms with van der Waals surface area (Å²) < 4.78 is 31.7. The summed E-state index contributed by atoms with van der Waals surface area (Å²) in [5.41, 5.74) is 10.9. The van der Waals surface area contributed by atoms with Gasteiger partial charge in [-0.2, -0.15) is 8.78 Å². The fraction of sp³-hybridized carbons (Fsp3) is 0.364. The fourth-order valence-corrected chi connectivity index (χ4v) is 1.55. The number of alkyl halides is 2. The first-order valence-electron chi connectivity index (χ1n) is 5.16. The molecule has 1 aromatic rings. The number of hydrogen-bond acceptors (Lipinski definition) is 4. The Balaban J connectivity index is 0.00000324. The van der Waals surface area contributed by atoms with E-state index in [0.29, 0.717) is 0 Å². The van der Waals surface area contributed by atoms with Gasteiger partial charge in [-0.3, -0.25) is 0 Å². The predicted octanol–water partition coefficient (Wildman–Crippen LogP) is 2.54. The number of esters is 1. The van der Waals surface area contributed by atoms with Crippen molar-refractivity contribution in [1.82, 2.24) is 0 Å². The average Bonchev–Trinajstić information content (AvgIpc) is 2.31. The summed E-state index contributed by atoms with van der Waals surface area (Å²) in [6, 6.07) is 2.08. The van der Waals surface area contributed by atoms with Crippen LogP contribution < -0.4 is 11.5 Å². The summed E-state index contributed by atoms with van der Waals surface area (Å²) >= 11 is 5.68. The van der Waals surface area contributed by atoms with Crippen LogP contribution in [0.2, 0.25) is 5.02 Å². The Morgan fingerprint density at radius 3 is 2.63 bits per heavy atom. The lowest BCUT2D eigenvalue weighted by Crippen LogP contribution is -2.42. The smallest absolute Gasteiger partial charge is 0.379 e. The van der Waals surface area contributed by atoms with Crippen LogP contribution >= 0.6 is 24.0 Å². The molecule has 8 heteroatoms. The van der Waals surface area contributed by atoms with Gasteiger partial charge in [0.2, 0.25) is 0 Å². The largest absolute Gasteiger partial charge is 0.462 e. The second-order valence-corrected chi connectivity index (χ2v) is 4.03. The van der Waals surface area contributed by atoms with Crippen molar-refractivity contribution >= 4 is 35.7 Å². The first-order valence-corrected chi connectivity index (χ1v) is 5.54. The van der Waals surface area contributed by atoms with Crippen LogP contribution in [0.5, 0.6) is 0 Å². The van der Waals surface area contributed by atoms with Crippen molar-refractivity contribution in [2.75, 3.05) is 12.3 Å². The summed E-state index contributed by atoms with van der Waals surface area (Å²) in [7, 11) is 0. The first-order chi connectivity index (χ1) is 8.30. The zero-order valence-electron chi connectivity index (χ0n) is 10.0. The minimum Gasteiger partial charge on any atom is -0.462 e. The summed E-state index contributed by atoms with van der Waals surface area (Å²) in [4.78, 5) is 11.1. The van der Waals surface area contributed by atoms with E-state index in [1.54, 1.807) is 0 Å². The molecule has 0 spiro atoms. The zero-order valence-corrected chi connectivity index (χ0v) is 11.6. The molecule has 4 nitrogen and oxygen atoms in total. The molecule has 1 aromatic carbocycles. The monoisotopic (exact) mass is 314 g/mol. The van der Waals surface area contributed by atoms with E-state index in [0.717, 1.165) is 0 Å². The SMILES string of the molecule is CCOC(=O)C(F)(F)[C@@H](N)c1cc(Cl)ccc1N.Cl. The Morgan fingerprint density at radius 1 is 1.53 bits per heavy atom. The molecular weight excluding hydrogens is 301 g/mol. The summed E-state index contributed by atoms with van der Waals surface area (Å²) in [6.45, 7) is 1.26. The first kappa shape index (κ1) is 17.9. The number of hydrogen-bond donors (Lipinski definition) is 2. The van der Waals surface area contributed by atoms with Crippen molar-refractivity contribution in [2.24, 2.45) is 5.73 Å². The molecule has 108 valence electrons. The number of nitrogen functional groups attached to an aromatic ring is 1. The van der Waals surface area contributed by atoms with E-state index in [-0.39, 0.29) is 35.3 Å². The maximum atomic E-state index is 13.7. The van der Waals surface area contributed by atoms with Gasteiger partial charge in [0.15, 0.2) is 0 Å². The molecule has 1 rings (SSSR count). The van der Waals surface area contributed by atoms with Gasteiger partial charge in [0.1, 0.15) is 6.04 Å². The van der Waals surface area contributed by atoms with Gasteiger partial charge in [-0.25, -0.2) is 4.79 Å². The minimum atomic E-state index is -3.87. The van der Waals surface area contributed by atoms with Crippen molar-refractivity contribution in [1.29, 1.82) is 0 Å². The molecule has 0 aliphatic carbocycles. The molecule has 0 amide bonds. The van der Waals surface area contributed by atoms with Gasteiger partial charge in [0.25, 0.3) is 0 Å². The van der Waals surface area contributed by atoms with Gasteiger partial charge < -0.3 is 16.2 Å². The van der Waals surface area contributed by atoms with E-state index in [9.17, 15) is 13.6 Å². The molecule has 0 bridgehead atoms. The number of anilines is 1.